The SMILES string of the molecule is COc1ccc2c(c1)C(C1CCN(C(=O)C(C)C)CC1)CC2. The van der Waals surface area contributed by atoms with Crippen LogP contribution in [0.2, 0.25) is 0 Å². The van der Waals surface area contributed by atoms with Crippen molar-refractivity contribution in [1.29, 1.82) is 0 Å². The van der Waals surface area contributed by atoms with Crippen LogP contribution in [0.25, 0.3) is 0 Å². The Labute approximate surface area is 133 Å². The molecule has 1 aliphatic heterocycles. The van der Waals surface area contributed by atoms with Gasteiger partial charge in [0.2, 0.25) is 5.91 Å². The van der Waals surface area contributed by atoms with Crippen molar-refractivity contribution in [1.82, 2.24) is 4.90 Å². The second-order valence-corrected chi connectivity index (χ2v) is 7.03. The van der Waals surface area contributed by atoms with Crippen molar-refractivity contribution in [2.24, 2.45) is 11.8 Å². The molecule has 3 nitrogen and oxygen atoms in total. The number of methoxy groups -OCH3 is 1. The van der Waals surface area contributed by atoms with E-state index in [1.165, 1.54) is 24.0 Å². The molecule has 3 heteroatoms. The lowest BCUT2D eigenvalue weighted by Crippen LogP contribution is -2.41. The minimum atomic E-state index is 0.119. The van der Waals surface area contributed by atoms with E-state index in [0.29, 0.717) is 17.7 Å². The molecule has 1 atom stereocenters. The summed E-state index contributed by atoms with van der Waals surface area (Å²) in [6.07, 6.45) is 4.72. The molecule has 1 amide bonds. The smallest absolute Gasteiger partial charge is 0.225 e. The maximum Gasteiger partial charge on any atom is 0.225 e. The molecule has 0 radical (unpaired) electrons. The lowest BCUT2D eigenvalue weighted by molar-refractivity contribution is -0.135. The first-order valence-electron chi connectivity index (χ1n) is 8.55. The number of hydrogen-bond donors (Lipinski definition) is 0. The van der Waals surface area contributed by atoms with Crippen LogP contribution in [0, 0.1) is 11.8 Å². The molecule has 1 aromatic rings. The Morgan fingerprint density at radius 1 is 1.23 bits per heavy atom. The zero-order valence-corrected chi connectivity index (χ0v) is 14.0. The molecule has 1 fully saturated rings. The number of hydrogen-bond acceptors (Lipinski definition) is 2. The van der Waals surface area contributed by atoms with Gasteiger partial charge in [-0.25, -0.2) is 0 Å². The quantitative estimate of drug-likeness (QED) is 0.853. The second kappa shape index (κ2) is 6.31. The van der Waals surface area contributed by atoms with E-state index in [-0.39, 0.29) is 5.92 Å². The molecular formula is C19H27NO2. The molecule has 2 aliphatic rings. The highest BCUT2D eigenvalue weighted by molar-refractivity contribution is 5.78. The Morgan fingerprint density at radius 2 is 1.95 bits per heavy atom. The average molecular weight is 301 g/mol. The zero-order valence-electron chi connectivity index (χ0n) is 14.0. The van der Waals surface area contributed by atoms with Gasteiger partial charge in [-0.2, -0.15) is 0 Å². The minimum absolute atomic E-state index is 0.119. The minimum Gasteiger partial charge on any atom is -0.497 e. The van der Waals surface area contributed by atoms with Crippen LogP contribution < -0.4 is 4.74 Å². The van der Waals surface area contributed by atoms with E-state index in [1.54, 1.807) is 7.11 Å². The molecule has 0 bridgehead atoms. The zero-order chi connectivity index (χ0) is 15.7. The maximum absolute atomic E-state index is 12.1. The van der Waals surface area contributed by atoms with Gasteiger partial charge >= 0.3 is 0 Å². The summed E-state index contributed by atoms with van der Waals surface area (Å²) in [6.45, 7) is 5.84. The van der Waals surface area contributed by atoms with Crippen LogP contribution in [-0.4, -0.2) is 31.0 Å². The fraction of sp³-hybridized carbons (Fsp3) is 0.632. The van der Waals surface area contributed by atoms with Gasteiger partial charge in [-0.05, 0) is 60.8 Å². The molecular weight excluding hydrogens is 274 g/mol. The normalized spacial score (nSPS) is 22.0. The van der Waals surface area contributed by atoms with Crippen molar-refractivity contribution in [3.8, 4) is 5.75 Å². The summed E-state index contributed by atoms with van der Waals surface area (Å²) in [7, 11) is 1.74. The number of aryl methyl sites for hydroxylation is 1. The molecule has 22 heavy (non-hydrogen) atoms. The van der Waals surface area contributed by atoms with Crippen molar-refractivity contribution in [3.05, 3.63) is 29.3 Å². The lowest BCUT2D eigenvalue weighted by Gasteiger charge is -2.36. The summed E-state index contributed by atoms with van der Waals surface area (Å²) < 4.78 is 5.40. The van der Waals surface area contributed by atoms with Crippen molar-refractivity contribution in [2.45, 2.75) is 45.4 Å². The number of ether oxygens (including phenoxy) is 1. The predicted molar refractivity (Wildman–Crippen MR) is 88.2 cm³/mol. The van der Waals surface area contributed by atoms with E-state index in [0.717, 1.165) is 31.7 Å². The molecule has 0 aromatic heterocycles. The van der Waals surface area contributed by atoms with Gasteiger partial charge in [0.15, 0.2) is 0 Å². The molecule has 1 aliphatic carbocycles. The predicted octanol–water partition coefficient (Wildman–Crippen LogP) is 3.62. The third-order valence-corrected chi connectivity index (χ3v) is 5.39. The topological polar surface area (TPSA) is 29.5 Å². The summed E-state index contributed by atoms with van der Waals surface area (Å²) >= 11 is 0. The molecule has 1 saturated heterocycles. The monoisotopic (exact) mass is 301 g/mol. The van der Waals surface area contributed by atoms with Crippen LogP contribution in [0.4, 0.5) is 0 Å². The molecule has 0 N–H and O–H groups in total. The Kier molecular flexibility index (Phi) is 4.42. The van der Waals surface area contributed by atoms with Crippen LogP contribution in [0.15, 0.2) is 18.2 Å². The van der Waals surface area contributed by atoms with E-state index in [9.17, 15) is 4.79 Å². The molecule has 1 aromatic carbocycles. The molecule has 0 spiro atoms. The number of carbonyl (C=O) groups excluding carboxylic acids is 1. The van der Waals surface area contributed by atoms with Gasteiger partial charge in [0.1, 0.15) is 5.75 Å². The van der Waals surface area contributed by atoms with Crippen LogP contribution >= 0.6 is 0 Å². The highest BCUT2D eigenvalue weighted by Crippen LogP contribution is 2.43. The molecule has 3 rings (SSSR count). The van der Waals surface area contributed by atoms with Gasteiger partial charge in [-0.3, -0.25) is 4.79 Å². The maximum atomic E-state index is 12.1. The number of benzene rings is 1. The first-order valence-corrected chi connectivity index (χ1v) is 8.55. The molecule has 1 unspecified atom stereocenters. The Bertz CT molecular complexity index is 544. The fourth-order valence-electron chi connectivity index (χ4n) is 4.12. The van der Waals surface area contributed by atoms with Crippen molar-refractivity contribution in [2.75, 3.05) is 20.2 Å². The van der Waals surface area contributed by atoms with E-state index in [2.05, 4.69) is 23.1 Å². The standard InChI is InChI=1S/C19H27NO2/c1-13(2)19(21)20-10-8-15(9-11-20)17-7-5-14-4-6-16(22-3)12-18(14)17/h4,6,12-13,15,17H,5,7-11H2,1-3H3. The van der Waals surface area contributed by atoms with Crippen LogP contribution in [0.3, 0.4) is 0 Å². The van der Waals surface area contributed by atoms with E-state index >= 15 is 0 Å². The van der Waals surface area contributed by atoms with E-state index in [1.807, 2.05) is 13.8 Å². The van der Waals surface area contributed by atoms with Gasteiger partial charge in [-0.1, -0.05) is 19.9 Å². The van der Waals surface area contributed by atoms with Crippen molar-refractivity contribution in [3.63, 3.8) is 0 Å². The molecule has 1 heterocycles. The van der Waals surface area contributed by atoms with Gasteiger partial charge in [0, 0.05) is 19.0 Å². The number of rotatable bonds is 3. The average Bonchev–Trinajstić information content (AvgIpc) is 2.97. The van der Waals surface area contributed by atoms with Crippen molar-refractivity contribution >= 4 is 5.91 Å². The summed E-state index contributed by atoms with van der Waals surface area (Å²) in [6, 6.07) is 6.54. The summed E-state index contributed by atoms with van der Waals surface area (Å²) in [5, 5.41) is 0. The van der Waals surface area contributed by atoms with E-state index < -0.39 is 0 Å². The summed E-state index contributed by atoms with van der Waals surface area (Å²) in [5.41, 5.74) is 2.99. The third kappa shape index (κ3) is 2.86. The first-order chi connectivity index (χ1) is 10.6. The van der Waals surface area contributed by atoms with Crippen LogP contribution in [0.1, 0.15) is 50.2 Å². The van der Waals surface area contributed by atoms with Crippen LogP contribution in [0.5, 0.6) is 5.75 Å². The summed E-state index contributed by atoms with van der Waals surface area (Å²) in [4.78, 5) is 14.2. The largest absolute Gasteiger partial charge is 0.497 e. The first kappa shape index (κ1) is 15.4. The number of amides is 1. The molecule has 0 saturated carbocycles. The Hall–Kier alpha value is -1.51. The number of carbonyl (C=O) groups is 1. The Balaban J connectivity index is 1.68. The Morgan fingerprint density at radius 3 is 2.59 bits per heavy atom. The van der Waals surface area contributed by atoms with Gasteiger partial charge in [0.05, 0.1) is 7.11 Å². The van der Waals surface area contributed by atoms with Gasteiger partial charge in [-0.15, -0.1) is 0 Å². The van der Waals surface area contributed by atoms with Gasteiger partial charge in [0.25, 0.3) is 0 Å². The summed E-state index contributed by atoms with van der Waals surface area (Å²) in [5.74, 6) is 2.77. The van der Waals surface area contributed by atoms with Gasteiger partial charge < -0.3 is 9.64 Å². The number of nitrogens with zero attached hydrogens (tertiary/aromatic N) is 1. The highest BCUT2D eigenvalue weighted by atomic mass is 16.5. The second-order valence-electron chi connectivity index (χ2n) is 7.03. The number of likely N-dealkylation sites (tertiary alicyclic amines) is 1. The van der Waals surface area contributed by atoms with E-state index in [4.69, 9.17) is 4.74 Å². The number of piperidine rings is 1. The van der Waals surface area contributed by atoms with Crippen LogP contribution in [-0.2, 0) is 11.2 Å². The number of fused-ring (bicyclic) bond motifs is 1. The highest BCUT2D eigenvalue weighted by Gasteiger charge is 2.33. The third-order valence-electron chi connectivity index (χ3n) is 5.39. The lowest BCUT2D eigenvalue weighted by atomic mass is 9.80. The fourth-order valence-corrected chi connectivity index (χ4v) is 4.12. The molecule has 120 valence electrons. The van der Waals surface area contributed by atoms with Crippen molar-refractivity contribution < 1.29 is 9.53 Å².